The van der Waals surface area contributed by atoms with Crippen molar-refractivity contribution in [3.63, 3.8) is 0 Å². The Morgan fingerprint density at radius 2 is 2.07 bits per heavy atom. The van der Waals surface area contributed by atoms with Crippen LogP contribution in [0.25, 0.3) is 0 Å². The maximum absolute atomic E-state index is 5.55. The minimum absolute atomic E-state index is 0.458. The van der Waals surface area contributed by atoms with Crippen molar-refractivity contribution < 1.29 is 0 Å². The van der Waals surface area contributed by atoms with Crippen molar-refractivity contribution in [1.82, 2.24) is 9.97 Å². The van der Waals surface area contributed by atoms with Gasteiger partial charge in [0, 0.05) is 11.8 Å². The predicted molar refractivity (Wildman–Crippen MR) is 60.9 cm³/mol. The molecular weight excluding hydrogens is 188 g/mol. The minimum atomic E-state index is 0.458. The van der Waals surface area contributed by atoms with Gasteiger partial charge in [-0.3, -0.25) is 0 Å². The van der Waals surface area contributed by atoms with Crippen LogP contribution in [0.15, 0.2) is 36.7 Å². The van der Waals surface area contributed by atoms with E-state index < -0.39 is 0 Å². The maximum Gasteiger partial charge on any atom is 0.135 e. The Bertz CT molecular complexity index is 424. The van der Waals surface area contributed by atoms with Gasteiger partial charge in [0.05, 0.1) is 0 Å². The number of nitrogen functional groups attached to an aromatic ring is 1. The Kier molecular flexibility index (Phi) is 2.49. The summed E-state index contributed by atoms with van der Waals surface area (Å²) in [6.45, 7) is 2.04. The fourth-order valence-corrected chi connectivity index (χ4v) is 1.31. The number of hydrogen-bond acceptors (Lipinski definition) is 4. The molecule has 0 radical (unpaired) electrons. The van der Waals surface area contributed by atoms with E-state index in [9.17, 15) is 0 Å². The zero-order valence-corrected chi connectivity index (χ0v) is 8.44. The molecule has 0 saturated heterocycles. The summed E-state index contributed by atoms with van der Waals surface area (Å²) in [5, 5.41) is 3.15. The summed E-state index contributed by atoms with van der Waals surface area (Å²) in [6, 6.07) is 9.74. The van der Waals surface area contributed by atoms with Gasteiger partial charge in [-0.15, -0.1) is 0 Å². The Hall–Kier alpha value is -2.10. The van der Waals surface area contributed by atoms with Gasteiger partial charge >= 0.3 is 0 Å². The number of nitrogens with zero attached hydrogens (tertiary/aromatic N) is 2. The number of rotatable bonds is 2. The highest BCUT2D eigenvalue weighted by Gasteiger charge is 1.96. The zero-order chi connectivity index (χ0) is 10.7. The van der Waals surface area contributed by atoms with Crippen LogP contribution in [0.1, 0.15) is 5.56 Å². The first-order chi connectivity index (χ1) is 7.24. The normalized spacial score (nSPS) is 9.93. The van der Waals surface area contributed by atoms with E-state index in [-0.39, 0.29) is 0 Å². The summed E-state index contributed by atoms with van der Waals surface area (Å²) in [7, 11) is 0. The Labute approximate surface area is 88.2 Å². The standard InChI is InChI=1S/C11H12N4/c1-8-3-2-4-9(5-8)15-11-6-10(12)13-7-14-11/h2-7H,1H3,(H3,12,13,14,15). The molecular formula is C11H12N4. The van der Waals surface area contributed by atoms with Crippen molar-refractivity contribution in [3.8, 4) is 0 Å². The minimum Gasteiger partial charge on any atom is -0.384 e. The third kappa shape index (κ3) is 2.43. The van der Waals surface area contributed by atoms with E-state index in [4.69, 9.17) is 5.73 Å². The van der Waals surface area contributed by atoms with Gasteiger partial charge < -0.3 is 11.1 Å². The molecule has 0 aliphatic heterocycles. The molecule has 2 aromatic rings. The van der Waals surface area contributed by atoms with Crippen molar-refractivity contribution in [1.29, 1.82) is 0 Å². The molecule has 0 bridgehead atoms. The second kappa shape index (κ2) is 3.96. The third-order valence-corrected chi connectivity index (χ3v) is 1.98. The molecule has 15 heavy (non-hydrogen) atoms. The van der Waals surface area contributed by atoms with Crippen LogP contribution in [-0.2, 0) is 0 Å². The fraction of sp³-hybridized carbons (Fsp3) is 0.0909. The smallest absolute Gasteiger partial charge is 0.135 e. The third-order valence-electron chi connectivity index (χ3n) is 1.98. The van der Waals surface area contributed by atoms with Crippen LogP contribution < -0.4 is 11.1 Å². The molecule has 1 heterocycles. The molecule has 76 valence electrons. The average Bonchev–Trinajstić information content (AvgIpc) is 2.17. The first-order valence-electron chi connectivity index (χ1n) is 4.65. The summed E-state index contributed by atoms with van der Waals surface area (Å²) in [5.41, 5.74) is 7.74. The molecule has 0 unspecified atom stereocenters. The second-order valence-corrected chi connectivity index (χ2v) is 3.32. The van der Waals surface area contributed by atoms with E-state index in [0.29, 0.717) is 11.6 Å². The first-order valence-corrected chi connectivity index (χ1v) is 4.65. The molecule has 4 nitrogen and oxygen atoms in total. The molecule has 0 saturated carbocycles. The topological polar surface area (TPSA) is 63.8 Å². The van der Waals surface area contributed by atoms with E-state index in [1.165, 1.54) is 11.9 Å². The molecule has 4 heteroatoms. The summed E-state index contributed by atoms with van der Waals surface area (Å²) in [5.74, 6) is 1.16. The summed E-state index contributed by atoms with van der Waals surface area (Å²) in [4.78, 5) is 7.89. The van der Waals surface area contributed by atoms with E-state index in [2.05, 4.69) is 15.3 Å². The number of benzene rings is 1. The van der Waals surface area contributed by atoms with E-state index >= 15 is 0 Å². The summed E-state index contributed by atoms with van der Waals surface area (Å²) < 4.78 is 0. The Morgan fingerprint density at radius 1 is 1.20 bits per heavy atom. The molecule has 0 aliphatic carbocycles. The lowest BCUT2D eigenvalue weighted by molar-refractivity contribution is 1.17. The van der Waals surface area contributed by atoms with Crippen molar-refractivity contribution in [2.45, 2.75) is 6.92 Å². The van der Waals surface area contributed by atoms with Crippen LogP contribution in [0.4, 0.5) is 17.3 Å². The van der Waals surface area contributed by atoms with Crippen molar-refractivity contribution >= 4 is 17.3 Å². The van der Waals surface area contributed by atoms with Gasteiger partial charge in [-0.2, -0.15) is 0 Å². The molecule has 0 fully saturated rings. The Balaban J connectivity index is 2.22. The van der Waals surface area contributed by atoms with Gasteiger partial charge in [0.15, 0.2) is 0 Å². The zero-order valence-electron chi connectivity index (χ0n) is 8.44. The molecule has 0 spiro atoms. The average molecular weight is 200 g/mol. The quantitative estimate of drug-likeness (QED) is 0.779. The first kappa shape index (κ1) is 9.45. The lowest BCUT2D eigenvalue weighted by Crippen LogP contribution is -1.97. The SMILES string of the molecule is Cc1cccc(Nc2cc(N)ncn2)c1. The number of anilines is 3. The lowest BCUT2D eigenvalue weighted by Gasteiger charge is -2.05. The molecule has 1 aromatic carbocycles. The lowest BCUT2D eigenvalue weighted by atomic mass is 10.2. The van der Waals surface area contributed by atoms with Crippen LogP contribution in [-0.4, -0.2) is 9.97 Å². The largest absolute Gasteiger partial charge is 0.384 e. The van der Waals surface area contributed by atoms with Crippen molar-refractivity contribution in [2.75, 3.05) is 11.1 Å². The number of hydrogen-bond donors (Lipinski definition) is 2. The molecule has 0 amide bonds. The number of aryl methyl sites for hydroxylation is 1. The monoisotopic (exact) mass is 200 g/mol. The molecule has 0 atom stereocenters. The van der Waals surface area contributed by atoms with Gasteiger partial charge in [0.1, 0.15) is 18.0 Å². The fourth-order valence-electron chi connectivity index (χ4n) is 1.31. The molecule has 0 aliphatic rings. The highest BCUT2D eigenvalue weighted by molar-refractivity contribution is 5.58. The van der Waals surface area contributed by atoms with Gasteiger partial charge in [-0.1, -0.05) is 12.1 Å². The number of nitrogens with one attached hydrogen (secondary N) is 1. The van der Waals surface area contributed by atoms with Crippen LogP contribution >= 0.6 is 0 Å². The van der Waals surface area contributed by atoms with E-state index in [1.54, 1.807) is 6.07 Å². The molecule has 3 N–H and O–H groups in total. The highest BCUT2D eigenvalue weighted by atomic mass is 15.0. The van der Waals surface area contributed by atoms with Gasteiger partial charge in [0.2, 0.25) is 0 Å². The van der Waals surface area contributed by atoms with Crippen LogP contribution in [0.5, 0.6) is 0 Å². The number of nitrogens with two attached hydrogens (primary N) is 1. The number of aromatic nitrogens is 2. The summed E-state index contributed by atoms with van der Waals surface area (Å²) in [6.07, 6.45) is 1.44. The van der Waals surface area contributed by atoms with Gasteiger partial charge in [0.25, 0.3) is 0 Å². The maximum atomic E-state index is 5.55. The second-order valence-electron chi connectivity index (χ2n) is 3.32. The highest BCUT2D eigenvalue weighted by Crippen LogP contribution is 2.15. The van der Waals surface area contributed by atoms with Gasteiger partial charge in [-0.25, -0.2) is 9.97 Å². The van der Waals surface area contributed by atoms with Crippen molar-refractivity contribution in [2.24, 2.45) is 0 Å². The van der Waals surface area contributed by atoms with E-state index in [1.807, 2.05) is 31.2 Å². The van der Waals surface area contributed by atoms with Gasteiger partial charge in [-0.05, 0) is 24.6 Å². The predicted octanol–water partition coefficient (Wildman–Crippen LogP) is 2.11. The van der Waals surface area contributed by atoms with E-state index in [0.717, 1.165) is 5.69 Å². The summed E-state index contributed by atoms with van der Waals surface area (Å²) >= 11 is 0. The van der Waals surface area contributed by atoms with Crippen LogP contribution in [0.3, 0.4) is 0 Å². The molecule has 1 aromatic heterocycles. The Morgan fingerprint density at radius 3 is 2.80 bits per heavy atom. The van der Waals surface area contributed by atoms with Crippen molar-refractivity contribution in [3.05, 3.63) is 42.2 Å². The van der Waals surface area contributed by atoms with Crippen LogP contribution in [0, 0.1) is 6.92 Å². The molecule has 2 rings (SSSR count). The van der Waals surface area contributed by atoms with Crippen LogP contribution in [0.2, 0.25) is 0 Å².